The van der Waals surface area contributed by atoms with Gasteiger partial charge in [-0.05, 0) is 38.0 Å². The Balaban J connectivity index is 2.61. The zero-order chi connectivity index (χ0) is 12.9. The number of aromatic nitrogens is 1. The molecule has 0 aliphatic heterocycles. The van der Waals surface area contributed by atoms with E-state index in [-0.39, 0.29) is 5.75 Å². The van der Waals surface area contributed by atoms with E-state index in [2.05, 4.69) is 9.71 Å². The monoisotopic (exact) mass is 253 g/mol. The molecule has 0 spiro atoms. The van der Waals surface area contributed by atoms with Crippen molar-refractivity contribution >= 4 is 10.0 Å². The molecule has 0 atom stereocenters. The second-order valence-corrected chi connectivity index (χ2v) is 6.11. The number of rotatable bonds is 5. The van der Waals surface area contributed by atoms with Crippen molar-refractivity contribution in [2.45, 2.75) is 25.8 Å². The number of nitrogens with one attached hydrogen (secondary N) is 1. The van der Waals surface area contributed by atoms with Crippen molar-refractivity contribution in [2.75, 3.05) is 5.75 Å². The summed E-state index contributed by atoms with van der Waals surface area (Å²) < 4.78 is 25.7. The maximum absolute atomic E-state index is 11.7. The fraction of sp³-hybridized carbons (Fsp3) is 0.455. The molecule has 17 heavy (non-hydrogen) atoms. The first-order valence-electron chi connectivity index (χ1n) is 5.16. The van der Waals surface area contributed by atoms with Crippen LogP contribution in [0, 0.1) is 11.3 Å². The van der Waals surface area contributed by atoms with Crippen LogP contribution in [0.25, 0.3) is 0 Å². The predicted octanol–water partition coefficient (Wildman–Crippen LogP) is 0.846. The van der Waals surface area contributed by atoms with E-state index in [1.54, 1.807) is 24.5 Å². The summed E-state index contributed by atoms with van der Waals surface area (Å²) in [7, 11) is -3.44. The van der Waals surface area contributed by atoms with Crippen LogP contribution in [-0.4, -0.2) is 24.7 Å². The van der Waals surface area contributed by atoms with Gasteiger partial charge in [-0.3, -0.25) is 4.98 Å². The molecule has 5 nitrogen and oxygen atoms in total. The first kappa shape index (κ1) is 13.6. The molecule has 1 rings (SSSR count). The minimum Gasteiger partial charge on any atom is -0.265 e. The molecule has 1 N–H and O–H groups in total. The molecular weight excluding hydrogens is 238 g/mol. The van der Waals surface area contributed by atoms with Gasteiger partial charge in [0.25, 0.3) is 0 Å². The maximum atomic E-state index is 11.7. The van der Waals surface area contributed by atoms with Crippen LogP contribution in [0.4, 0.5) is 0 Å². The van der Waals surface area contributed by atoms with Gasteiger partial charge in [-0.1, -0.05) is 0 Å². The lowest BCUT2D eigenvalue weighted by Gasteiger charge is -2.17. The lowest BCUT2D eigenvalue weighted by Crippen LogP contribution is -2.43. The van der Waals surface area contributed by atoms with E-state index in [0.29, 0.717) is 6.42 Å². The third kappa shape index (κ3) is 4.93. The van der Waals surface area contributed by atoms with E-state index in [1.165, 1.54) is 13.8 Å². The van der Waals surface area contributed by atoms with Gasteiger partial charge < -0.3 is 0 Å². The third-order valence-electron chi connectivity index (χ3n) is 2.10. The van der Waals surface area contributed by atoms with Crippen molar-refractivity contribution < 1.29 is 8.42 Å². The molecule has 0 unspecified atom stereocenters. The Hall–Kier alpha value is -1.45. The van der Waals surface area contributed by atoms with Crippen LogP contribution >= 0.6 is 0 Å². The second-order valence-electron chi connectivity index (χ2n) is 4.26. The van der Waals surface area contributed by atoms with Gasteiger partial charge in [0, 0.05) is 12.4 Å². The first-order chi connectivity index (χ1) is 7.85. The molecule has 1 heterocycles. The molecule has 0 amide bonds. The quantitative estimate of drug-likeness (QED) is 0.843. The Morgan fingerprint density at radius 1 is 1.41 bits per heavy atom. The lowest BCUT2D eigenvalue weighted by molar-refractivity contribution is 0.535. The summed E-state index contributed by atoms with van der Waals surface area (Å²) in [5, 5.41) is 8.76. The topological polar surface area (TPSA) is 82.9 Å². The highest BCUT2D eigenvalue weighted by Gasteiger charge is 2.23. The van der Waals surface area contributed by atoms with Crippen LogP contribution in [0.1, 0.15) is 19.4 Å². The molecule has 6 heteroatoms. The number of aryl methyl sites for hydroxylation is 1. The molecule has 0 aromatic carbocycles. The smallest absolute Gasteiger partial charge is 0.213 e. The number of hydrogen-bond acceptors (Lipinski definition) is 4. The van der Waals surface area contributed by atoms with E-state index in [1.807, 2.05) is 6.07 Å². The molecule has 0 aliphatic carbocycles. The second kappa shape index (κ2) is 5.25. The molecule has 0 radical (unpaired) electrons. The van der Waals surface area contributed by atoms with Gasteiger partial charge >= 0.3 is 0 Å². The van der Waals surface area contributed by atoms with Crippen molar-refractivity contribution in [3.8, 4) is 6.07 Å². The number of hydrogen-bond donors (Lipinski definition) is 1. The zero-order valence-corrected chi connectivity index (χ0v) is 10.7. The Morgan fingerprint density at radius 3 is 2.53 bits per heavy atom. The Kier molecular flexibility index (Phi) is 4.21. The highest BCUT2D eigenvalue weighted by atomic mass is 32.2. The van der Waals surface area contributed by atoms with Gasteiger partial charge in [0.1, 0.15) is 5.54 Å². The minimum atomic E-state index is -3.44. The van der Waals surface area contributed by atoms with Gasteiger partial charge in [0.15, 0.2) is 0 Å². The van der Waals surface area contributed by atoms with Crippen LogP contribution in [0.5, 0.6) is 0 Å². The van der Waals surface area contributed by atoms with E-state index in [4.69, 9.17) is 5.26 Å². The van der Waals surface area contributed by atoms with Crippen LogP contribution in [0.15, 0.2) is 24.5 Å². The standard InChI is InChI=1S/C11H15N3O2S/c1-11(2,9-12)14-17(15,16)8-5-10-3-6-13-7-4-10/h3-4,6-7,14H,5,8H2,1-2H3. The minimum absolute atomic E-state index is 0.0396. The van der Waals surface area contributed by atoms with Gasteiger partial charge in [-0.25, -0.2) is 8.42 Å². The molecule has 0 bridgehead atoms. The zero-order valence-electron chi connectivity index (χ0n) is 9.84. The largest absolute Gasteiger partial charge is 0.265 e. The summed E-state index contributed by atoms with van der Waals surface area (Å²) in [6.45, 7) is 3.05. The van der Waals surface area contributed by atoms with E-state index in [9.17, 15) is 8.42 Å². The average Bonchev–Trinajstić information content (AvgIpc) is 2.27. The summed E-state index contributed by atoms with van der Waals surface area (Å²) in [5.74, 6) is -0.0396. The SMILES string of the molecule is CC(C)(C#N)NS(=O)(=O)CCc1ccncc1. The number of sulfonamides is 1. The molecule has 1 aromatic rings. The Bertz CT molecular complexity index is 503. The van der Waals surface area contributed by atoms with E-state index in [0.717, 1.165) is 5.56 Å². The van der Waals surface area contributed by atoms with Crippen molar-refractivity contribution in [1.82, 2.24) is 9.71 Å². The Labute approximate surface area is 102 Å². The van der Waals surface area contributed by atoms with Crippen LogP contribution in [0.2, 0.25) is 0 Å². The summed E-state index contributed by atoms with van der Waals surface area (Å²) in [6, 6.07) is 5.43. The average molecular weight is 253 g/mol. The summed E-state index contributed by atoms with van der Waals surface area (Å²) in [6.07, 6.45) is 3.64. The fourth-order valence-corrected chi connectivity index (χ4v) is 2.69. The van der Waals surface area contributed by atoms with Gasteiger partial charge in [0.2, 0.25) is 10.0 Å². The van der Waals surface area contributed by atoms with Crippen molar-refractivity contribution in [3.05, 3.63) is 30.1 Å². The van der Waals surface area contributed by atoms with E-state index >= 15 is 0 Å². The lowest BCUT2D eigenvalue weighted by atomic mass is 10.1. The molecule has 0 fully saturated rings. The van der Waals surface area contributed by atoms with Crippen LogP contribution < -0.4 is 4.72 Å². The van der Waals surface area contributed by atoms with E-state index < -0.39 is 15.6 Å². The molecule has 1 aromatic heterocycles. The van der Waals surface area contributed by atoms with Gasteiger partial charge in [-0.2, -0.15) is 9.98 Å². The third-order valence-corrected chi connectivity index (χ3v) is 3.66. The van der Waals surface area contributed by atoms with Gasteiger partial charge in [-0.15, -0.1) is 0 Å². The highest BCUT2D eigenvalue weighted by Crippen LogP contribution is 2.05. The predicted molar refractivity (Wildman–Crippen MR) is 64.6 cm³/mol. The van der Waals surface area contributed by atoms with Crippen LogP contribution in [0.3, 0.4) is 0 Å². The number of nitriles is 1. The molecule has 0 saturated carbocycles. The van der Waals surface area contributed by atoms with Crippen LogP contribution in [-0.2, 0) is 16.4 Å². The van der Waals surface area contributed by atoms with Crippen molar-refractivity contribution in [2.24, 2.45) is 0 Å². The Morgan fingerprint density at radius 2 is 2.00 bits per heavy atom. The highest BCUT2D eigenvalue weighted by molar-refractivity contribution is 7.89. The normalized spacial score (nSPS) is 12.1. The molecule has 0 saturated heterocycles. The molecule has 0 aliphatic rings. The summed E-state index contributed by atoms with van der Waals surface area (Å²) >= 11 is 0. The fourth-order valence-electron chi connectivity index (χ4n) is 1.26. The van der Waals surface area contributed by atoms with Gasteiger partial charge in [0.05, 0.1) is 11.8 Å². The summed E-state index contributed by atoms with van der Waals surface area (Å²) in [4.78, 5) is 3.85. The number of nitrogens with zero attached hydrogens (tertiary/aromatic N) is 2. The molecular formula is C11H15N3O2S. The van der Waals surface area contributed by atoms with Crippen molar-refractivity contribution in [1.29, 1.82) is 5.26 Å². The molecule has 92 valence electrons. The summed E-state index contributed by atoms with van der Waals surface area (Å²) in [5.41, 5.74) is -0.169. The maximum Gasteiger partial charge on any atom is 0.213 e. The van der Waals surface area contributed by atoms with Crippen molar-refractivity contribution in [3.63, 3.8) is 0 Å². The first-order valence-corrected chi connectivity index (χ1v) is 6.82. The number of pyridine rings is 1.